The fourth-order valence-corrected chi connectivity index (χ4v) is 8.50. The zero-order valence-corrected chi connectivity index (χ0v) is 18.5. The van der Waals surface area contributed by atoms with E-state index in [2.05, 4.69) is 45.0 Å². The Hall–Kier alpha value is -2.44. The first kappa shape index (κ1) is 22.8. The molecule has 2 aromatic rings. The summed E-state index contributed by atoms with van der Waals surface area (Å²) in [5.41, 5.74) is 0. The van der Waals surface area contributed by atoms with Gasteiger partial charge >= 0.3 is 11.9 Å². The van der Waals surface area contributed by atoms with Crippen molar-refractivity contribution in [3.63, 3.8) is 0 Å². The van der Waals surface area contributed by atoms with Crippen LogP contribution in [0.3, 0.4) is 0 Å². The van der Waals surface area contributed by atoms with Crippen molar-refractivity contribution in [2.24, 2.45) is 11.8 Å². The Morgan fingerprint density at radius 1 is 0.897 bits per heavy atom. The Bertz CT molecular complexity index is 761. The summed E-state index contributed by atoms with van der Waals surface area (Å²) in [6.07, 6.45) is 0.0306. The number of hydrogen-bond acceptors (Lipinski definition) is 3. The number of hydrogen-bond donors (Lipinski definition) is 2. The number of carbonyl (C=O) groups is 2. The molecule has 5 nitrogen and oxygen atoms in total. The average Bonchev–Trinajstić information content (AvgIpc) is 2.66. The summed E-state index contributed by atoms with van der Waals surface area (Å²) in [7, 11) is -2.71. The van der Waals surface area contributed by atoms with Crippen LogP contribution in [0.4, 0.5) is 0 Å². The van der Waals surface area contributed by atoms with Gasteiger partial charge in [0.15, 0.2) is 5.92 Å². The summed E-state index contributed by atoms with van der Waals surface area (Å²) in [4.78, 5) is 22.5. The van der Waals surface area contributed by atoms with Gasteiger partial charge in [0, 0.05) is 6.61 Å². The Balaban J connectivity index is 2.41. The Kier molecular flexibility index (Phi) is 7.38. The highest BCUT2D eigenvalue weighted by Crippen LogP contribution is 2.37. The fraction of sp³-hybridized carbons (Fsp3) is 0.391. The van der Waals surface area contributed by atoms with Gasteiger partial charge in [-0.3, -0.25) is 9.59 Å². The maximum atomic E-state index is 11.3. The molecule has 1 unspecified atom stereocenters. The maximum absolute atomic E-state index is 11.3. The number of carboxylic acid groups (broad SMARTS) is 2. The molecule has 0 aliphatic carbocycles. The third-order valence-electron chi connectivity index (χ3n) is 5.24. The van der Waals surface area contributed by atoms with Crippen molar-refractivity contribution in [3.8, 4) is 0 Å². The topological polar surface area (TPSA) is 83.8 Å². The summed E-state index contributed by atoms with van der Waals surface area (Å²) < 4.78 is 6.74. The summed E-state index contributed by atoms with van der Waals surface area (Å²) in [5, 5.41) is 20.5. The molecule has 0 aliphatic rings. The van der Waals surface area contributed by atoms with Crippen LogP contribution in [-0.2, 0) is 14.0 Å². The summed E-state index contributed by atoms with van der Waals surface area (Å²) in [6, 6.07) is 20.3. The molecule has 1 atom stereocenters. The van der Waals surface area contributed by atoms with Crippen molar-refractivity contribution in [1.29, 1.82) is 0 Å². The van der Waals surface area contributed by atoms with Crippen molar-refractivity contribution in [2.45, 2.75) is 39.2 Å². The first-order chi connectivity index (χ1) is 13.6. The molecule has 0 saturated heterocycles. The second kappa shape index (κ2) is 9.37. The lowest BCUT2D eigenvalue weighted by Gasteiger charge is -2.43. The van der Waals surface area contributed by atoms with E-state index in [4.69, 9.17) is 4.43 Å². The van der Waals surface area contributed by atoms with Crippen molar-refractivity contribution in [2.75, 3.05) is 6.61 Å². The van der Waals surface area contributed by atoms with Crippen LogP contribution in [-0.4, -0.2) is 37.1 Å². The lowest BCUT2D eigenvalue weighted by molar-refractivity contribution is -0.155. The minimum Gasteiger partial charge on any atom is -0.481 e. The van der Waals surface area contributed by atoms with Crippen LogP contribution in [0.15, 0.2) is 60.7 Å². The Labute approximate surface area is 173 Å². The first-order valence-electron chi connectivity index (χ1n) is 9.80. The van der Waals surface area contributed by atoms with E-state index < -0.39 is 26.2 Å². The molecule has 0 aromatic heterocycles. The monoisotopic (exact) mass is 414 g/mol. The van der Waals surface area contributed by atoms with Gasteiger partial charge < -0.3 is 14.6 Å². The van der Waals surface area contributed by atoms with Crippen LogP contribution in [0.25, 0.3) is 0 Å². The zero-order chi connectivity index (χ0) is 21.7. The molecule has 156 valence electrons. The molecule has 0 heterocycles. The van der Waals surface area contributed by atoms with Gasteiger partial charge in [0.25, 0.3) is 8.32 Å². The molecule has 0 saturated carbocycles. The van der Waals surface area contributed by atoms with E-state index >= 15 is 0 Å². The Morgan fingerprint density at radius 3 is 1.66 bits per heavy atom. The molecular formula is C23H30O5Si. The van der Waals surface area contributed by atoms with Crippen molar-refractivity contribution < 1.29 is 24.2 Å². The molecule has 0 bridgehead atoms. The lowest BCUT2D eigenvalue weighted by Crippen LogP contribution is -2.66. The highest BCUT2D eigenvalue weighted by Gasteiger charge is 2.50. The van der Waals surface area contributed by atoms with E-state index in [9.17, 15) is 19.8 Å². The fourth-order valence-electron chi connectivity index (χ4n) is 3.81. The molecule has 0 aliphatic heterocycles. The van der Waals surface area contributed by atoms with E-state index in [-0.39, 0.29) is 17.4 Å². The molecule has 6 heteroatoms. The molecule has 2 N–H and O–H groups in total. The van der Waals surface area contributed by atoms with Crippen molar-refractivity contribution in [1.82, 2.24) is 0 Å². The van der Waals surface area contributed by atoms with Gasteiger partial charge in [-0.25, -0.2) is 0 Å². The van der Waals surface area contributed by atoms with Crippen molar-refractivity contribution >= 4 is 30.6 Å². The largest absolute Gasteiger partial charge is 0.481 e. The average molecular weight is 415 g/mol. The lowest BCUT2D eigenvalue weighted by atomic mass is 9.97. The summed E-state index contributed by atoms with van der Waals surface area (Å²) in [5.74, 6) is -4.26. The standard InChI is InChI=1S/C23H30O5Si/c1-17(15-20(21(24)25)22(26)27)16-28-29(23(2,3)4,18-11-7-5-8-12-18)19-13-9-6-10-14-19/h5-14,17,20H,15-16H2,1-4H3,(H,24,25)(H,26,27). The van der Waals surface area contributed by atoms with Crippen molar-refractivity contribution in [3.05, 3.63) is 60.7 Å². The maximum Gasteiger partial charge on any atom is 0.317 e. The molecular weight excluding hydrogens is 384 g/mol. The van der Waals surface area contributed by atoms with Gasteiger partial charge in [0.05, 0.1) is 0 Å². The number of aliphatic carboxylic acids is 2. The van der Waals surface area contributed by atoms with Gasteiger partial charge in [0.2, 0.25) is 0 Å². The van der Waals surface area contributed by atoms with Crippen LogP contribution in [0, 0.1) is 11.8 Å². The summed E-state index contributed by atoms with van der Waals surface area (Å²) in [6.45, 7) is 8.64. The highest BCUT2D eigenvalue weighted by molar-refractivity contribution is 6.99. The van der Waals surface area contributed by atoms with Gasteiger partial charge in [0.1, 0.15) is 0 Å². The van der Waals surface area contributed by atoms with Gasteiger partial charge in [-0.2, -0.15) is 0 Å². The predicted octanol–water partition coefficient (Wildman–Crippen LogP) is 3.37. The zero-order valence-electron chi connectivity index (χ0n) is 17.5. The highest BCUT2D eigenvalue weighted by atomic mass is 28.4. The minimum absolute atomic E-state index is 0.0306. The molecule has 0 spiro atoms. The van der Waals surface area contributed by atoms with Gasteiger partial charge in [-0.05, 0) is 27.8 Å². The van der Waals surface area contributed by atoms with E-state index in [0.717, 1.165) is 10.4 Å². The molecule has 0 radical (unpaired) electrons. The second-order valence-corrected chi connectivity index (χ2v) is 12.8. The molecule has 0 fully saturated rings. The third kappa shape index (κ3) is 5.13. The molecule has 2 rings (SSSR count). The second-order valence-electron chi connectivity index (χ2n) is 8.54. The molecule has 2 aromatic carbocycles. The molecule has 29 heavy (non-hydrogen) atoms. The van der Waals surface area contributed by atoms with Crippen LogP contribution < -0.4 is 10.4 Å². The van der Waals surface area contributed by atoms with E-state index in [1.165, 1.54) is 0 Å². The number of benzene rings is 2. The molecule has 0 amide bonds. The SMILES string of the molecule is CC(CO[Si](c1ccccc1)(c1ccccc1)C(C)(C)C)CC(C(=O)O)C(=O)O. The van der Waals surface area contributed by atoms with Crippen LogP contribution >= 0.6 is 0 Å². The number of carboxylic acids is 2. The smallest absolute Gasteiger partial charge is 0.317 e. The van der Waals surface area contributed by atoms with Crippen LogP contribution in [0.5, 0.6) is 0 Å². The first-order valence-corrected chi connectivity index (χ1v) is 11.7. The van der Waals surface area contributed by atoms with Crippen LogP contribution in [0.1, 0.15) is 34.1 Å². The Morgan fingerprint density at radius 2 is 1.31 bits per heavy atom. The van der Waals surface area contributed by atoms with Gasteiger partial charge in [-0.1, -0.05) is 88.4 Å². The third-order valence-corrected chi connectivity index (χ3v) is 10.2. The van der Waals surface area contributed by atoms with E-state index in [1.807, 2.05) is 43.3 Å². The van der Waals surface area contributed by atoms with Gasteiger partial charge in [-0.15, -0.1) is 0 Å². The normalized spacial score (nSPS) is 13.3. The predicted molar refractivity (Wildman–Crippen MR) is 116 cm³/mol. The van der Waals surface area contributed by atoms with E-state index in [0.29, 0.717) is 6.61 Å². The number of rotatable bonds is 9. The van der Waals surface area contributed by atoms with E-state index in [1.54, 1.807) is 0 Å². The summed E-state index contributed by atoms with van der Waals surface area (Å²) >= 11 is 0. The quantitative estimate of drug-likeness (QED) is 0.485. The minimum atomic E-state index is -2.71. The van der Waals surface area contributed by atoms with Crippen LogP contribution in [0.2, 0.25) is 5.04 Å².